The lowest BCUT2D eigenvalue weighted by Crippen LogP contribution is -2.30. The topological polar surface area (TPSA) is 78.9 Å². The highest BCUT2D eigenvalue weighted by molar-refractivity contribution is 5.71. The molecule has 0 amide bonds. The Labute approximate surface area is 467 Å². The molecule has 0 heterocycles. The maximum atomic E-state index is 12.9. The average molecular weight is 1050 g/mol. The first-order valence-corrected chi connectivity index (χ1v) is 33.5. The van der Waals surface area contributed by atoms with Crippen LogP contribution in [0.15, 0.2) is 36.5 Å². The fraction of sp³-hybridized carbons (Fsp3) is 0.870. The largest absolute Gasteiger partial charge is 0.462 e. The predicted octanol–water partition coefficient (Wildman–Crippen LogP) is 22.8. The molecule has 0 saturated carbocycles. The van der Waals surface area contributed by atoms with Crippen molar-refractivity contribution >= 4 is 17.9 Å². The van der Waals surface area contributed by atoms with Crippen LogP contribution in [0.5, 0.6) is 0 Å². The van der Waals surface area contributed by atoms with Gasteiger partial charge in [-0.2, -0.15) is 0 Å². The first kappa shape index (κ1) is 72.6. The van der Waals surface area contributed by atoms with Gasteiger partial charge in [-0.05, 0) is 96.3 Å². The fourth-order valence-electron chi connectivity index (χ4n) is 10.0. The SMILES string of the molecule is CCCCCC/C=C\CCCCCCCCCC(=O)OC[C@@H](COC(=O)CCCCCCCCCCCCC/C=C\CCCCCCCC)OC(=O)CCCCCCCCCCCCC/C=C\CCCCCCCC. The van der Waals surface area contributed by atoms with E-state index in [1.54, 1.807) is 0 Å². The molecule has 0 aromatic heterocycles. The van der Waals surface area contributed by atoms with E-state index in [2.05, 4.69) is 57.2 Å². The van der Waals surface area contributed by atoms with Crippen LogP contribution < -0.4 is 0 Å². The zero-order valence-electron chi connectivity index (χ0n) is 50.6. The summed E-state index contributed by atoms with van der Waals surface area (Å²) in [6, 6.07) is 0. The van der Waals surface area contributed by atoms with E-state index < -0.39 is 6.10 Å². The van der Waals surface area contributed by atoms with Crippen molar-refractivity contribution in [2.75, 3.05) is 13.2 Å². The Morgan fingerprint density at radius 1 is 0.253 bits per heavy atom. The monoisotopic (exact) mass is 1050 g/mol. The van der Waals surface area contributed by atoms with Crippen molar-refractivity contribution in [1.82, 2.24) is 0 Å². The van der Waals surface area contributed by atoms with E-state index in [1.807, 2.05) is 0 Å². The van der Waals surface area contributed by atoms with Gasteiger partial charge in [0.1, 0.15) is 13.2 Å². The number of carbonyl (C=O) groups is 3. The van der Waals surface area contributed by atoms with Gasteiger partial charge in [0, 0.05) is 19.3 Å². The second-order valence-corrected chi connectivity index (χ2v) is 22.7. The van der Waals surface area contributed by atoms with Gasteiger partial charge < -0.3 is 14.2 Å². The van der Waals surface area contributed by atoms with Crippen molar-refractivity contribution in [3.8, 4) is 0 Å². The van der Waals surface area contributed by atoms with Crippen molar-refractivity contribution < 1.29 is 28.6 Å². The molecule has 0 rings (SSSR count). The molecule has 0 aromatic rings. The molecule has 0 spiro atoms. The molecule has 6 nitrogen and oxygen atoms in total. The molecule has 0 aliphatic carbocycles. The molecule has 0 saturated heterocycles. The minimum absolute atomic E-state index is 0.0705. The summed E-state index contributed by atoms with van der Waals surface area (Å²) in [4.78, 5) is 38.4. The Hall–Kier alpha value is -2.37. The number of esters is 3. The minimum Gasteiger partial charge on any atom is -0.462 e. The summed E-state index contributed by atoms with van der Waals surface area (Å²) in [5.74, 6) is -0.852. The van der Waals surface area contributed by atoms with Crippen LogP contribution in [-0.2, 0) is 28.6 Å². The van der Waals surface area contributed by atoms with Crippen LogP contribution in [0.25, 0.3) is 0 Å². The highest BCUT2D eigenvalue weighted by Crippen LogP contribution is 2.17. The van der Waals surface area contributed by atoms with Crippen molar-refractivity contribution in [3.63, 3.8) is 0 Å². The molecule has 0 aliphatic rings. The number of rotatable bonds is 62. The highest BCUT2D eigenvalue weighted by atomic mass is 16.6. The Morgan fingerprint density at radius 3 is 0.680 bits per heavy atom. The number of hydrogen-bond acceptors (Lipinski definition) is 6. The van der Waals surface area contributed by atoms with E-state index in [-0.39, 0.29) is 31.1 Å². The zero-order valence-corrected chi connectivity index (χ0v) is 50.6. The number of hydrogen-bond donors (Lipinski definition) is 0. The second-order valence-electron chi connectivity index (χ2n) is 22.7. The molecule has 0 fully saturated rings. The third kappa shape index (κ3) is 62.4. The van der Waals surface area contributed by atoms with E-state index in [4.69, 9.17) is 14.2 Å². The molecule has 0 N–H and O–H groups in total. The molecule has 1 atom stereocenters. The minimum atomic E-state index is -0.774. The lowest BCUT2D eigenvalue weighted by atomic mass is 10.0. The Balaban J connectivity index is 4.31. The van der Waals surface area contributed by atoms with Crippen LogP contribution in [-0.4, -0.2) is 37.2 Å². The summed E-state index contributed by atoms with van der Waals surface area (Å²) < 4.78 is 17.0. The van der Waals surface area contributed by atoms with Gasteiger partial charge in [0.05, 0.1) is 0 Å². The van der Waals surface area contributed by atoms with Crippen LogP contribution in [0.4, 0.5) is 0 Å². The predicted molar refractivity (Wildman–Crippen MR) is 326 cm³/mol. The van der Waals surface area contributed by atoms with Gasteiger partial charge in [-0.25, -0.2) is 0 Å². The molecule has 75 heavy (non-hydrogen) atoms. The van der Waals surface area contributed by atoms with E-state index >= 15 is 0 Å². The summed E-state index contributed by atoms with van der Waals surface area (Å²) in [7, 11) is 0. The zero-order chi connectivity index (χ0) is 54.3. The lowest BCUT2D eigenvalue weighted by Gasteiger charge is -2.18. The van der Waals surface area contributed by atoms with E-state index in [0.717, 1.165) is 57.8 Å². The third-order valence-electron chi connectivity index (χ3n) is 15.1. The Morgan fingerprint density at radius 2 is 0.440 bits per heavy atom. The molecule has 0 unspecified atom stereocenters. The van der Waals surface area contributed by atoms with Crippen molar-refractivity contribution in [2.24, 2.45) is 0 Å². The quantitative estimate of drug-likeness (QED) is 0.0261. The van der Waals surface area contributed by atoms with Crippen LogP contribution in [0.1, 0.15) is 367 Å². The summed E-state index contributed by atoms with van der Waals surface area (Å²) in [5.41, 5.74) is 0. The lowest BCUT2D eigenvalue weighted by molar-refractivity contribution is -0.167. The van der Waals surface area contributed by atoms with Crippen LogP contribution in [0.2, 0.25) is 0 Å². The molecule has 0 radical (unpaired) electrons. The normalized spacial score (nSPS) is 12.2. The molecule has 0 aliphatic heterocycles. The van der Waals surface area contributed by atoms with Gasteiger partial charge in [-0.1, -0.05) is 288 Å². The van der Waals surface area contributed by atoms with Crippen molar-refractivity contribution in [3.05, 3.63) is 36.5 Å². The van der Waals surface area contributed by atoms with Gasteiger partial charge in [0.2, 0.25) is 0 Å². The molecule has 0 aromatic carbocycles. The molecule has 0 bridgehead atoms. The van der Waals surface area contributed by atoms with Gasteiger partial charge in [-0.3, -0.25) is 14.4 Å². The van der Waals surface area contributed by atoms with Gasteiger partial charge in [0.15, 0.2) is 6.10 Å². The van der Waals surface area contributed by atoms with E-state index in [1.165, 1.54) is 270 Å². The van der Waals surface area contributed by atoms with Gasteiger partial charge >= 0.3 is 17.9 Å². The van der Waals surface area contributed by atoms with Gasteiger partial charge in [-0.15, -0.1) is 0 Å². The fourth-order valence-corrected chi connectivity index (χ4v) is 10.0. The standard InChI is InChI=1S/C69H128O6/c1-4-7-10-13-16-19-22-25-28-30-32-34-36-38-41-44-47-50-53-56-59-62-68(71)74-65-66(64-73-67(70)61-58-55-52-49-46-43-40-27-24-21-18-15-12-9-6-3)75-69(72)63-60-57-54-51-48-45-42-39-37-35-33-31-29-26-23-20-17-14-11-8-5-2/h21,24-26,28-29,66H,4-20,22-23,27,30-65H2,1-3H3/b24-21-,28-25-,29-26-/t66-/m0/s1. The number of unbranched alkanes of at least 4 members (excludes halogenated alkanes) is 45. The number of allylic oxidation sites excluding steroid dienone is 6. The Bertz CT molecular complexity index is 1250. The molecular formula is C69H128O6. The Kier molecular flexibility index (Phi) is 62.1. The summed E-state index contributed by atoms with van der Waals surface area (Å²) in [6.45, 7) is 6.68. The van der Waals surface area contributed by atoms with Crippen molar-refractivity contribution in [2.45, 2.75) is 374 Å². The first-order chi connectivity index (χ1) is 37.0. The van der Waals surface area contributed by atoms with Crippen molar-refractivity contribution in [1.29, 1.82) is 0 Å². The van der Waals surface area contributed by atoms with Crippen LogP contribution in [0, 0.1) is 0 Å². The smallest absolute Gasteiger partial charge is 0.306 e. The van der Waals surface area contributed by atoms with Crippen LogP contribution in [0.3, 0.4) is 0 Å². The summed E-state index contributed by atoms with van der Waals surface area (Å²) in [6.07, 6.45) is 78.7. The second kappa shape index (κ2) is 64.2. The van der Waals surface area contributed by atoms with Crippen LogP contribution >= 0.6 is 0 Å². The average Bonchev–Trinajstić information content (AvgIpc) is 3.41. The number of ether oxygens (including phenoxy) is 3. The van der Waals surface area contributed by atoms with Gasteiger partial charge in [0.25, 0.3) is 0 Å². The highest BCUT2D eigenvalue weighted by Gasteiger charge is 2.19. The summed E-state index contributed by atoms with van der Waals surface area (Å²) >= 11 is 0. The maximum Gasteiger partial charge on any atom is 0.306 e. The molecule has 6 heteroatoms. The van der Waals surface area contributed by atoms with E-state index in [9.17, 15) is 14.4 Å². The molecular weight excluding hydrogens is 925 g/mol. The first-order valence-electron chi connectivity index (χ1n) is 33.5. The van der Waals surface area contributed by atoms with E-state index in [0.29, 0.717) is 19.3 Å². The summed E-state index contributed by atoms with van der Waals surface area (Å²) in [5, 5.41) is 0. The molecule has 440 valence electrons. The third-order valence-corrected chi connectivity index (χ3v) is 15.1. The number of carbonyl (C=O) groups excluding carboxylic acids is 3. The maximum absolute atomic E-state index is 12.9.